The average Bonchev–Trinajstić information content (AvgIpc) is 3.03. The molecule has 0 aliphatic rings. The fraction of sp³-hybridized carbons (Fsp3) is 0.200. The molecule has 7 heteroatoms. The van der Waals surface area contributed by atoms with Gasteiger partial charge >= 0.3 is 0 Å². The molecule has 0 fully saturated rings. The van der Waals surface area contributed by atoms with Crippen LogP contribution in [-0.2, 0) is 6.54 Å². The number of ether oxygens (including phenoxy) is 3. The summed E-state index contributed by atoms with van der Waals surface area (Å²) in [5.41, 5.74) is 1.24. The number of terminal acetylenes is 1. The van der Waals surface area contributed by atoms with Crippen molar-refractivity contribution in [3.8, 4) is 29.6 Å². The summed E-state index contributed by atoms with van der Waals surface area (Å²) in [5, 5.41) is 0. The van der Waals surface area contributed by atoms with E-state index in [0.29, 0.717) is 28.4 Å². The van der Waals surface area contributed by atoms with Gasteiger partial charge in [0.25, 0.3) is 5.91 Å². The summed E-state index contributed by atoms with van der Waals surface area (Å²) in [6.07, 6.45) is 5.50. The van der Waals surface area contributed by atoms with Crippen LogP contribution in [0.2, 0.25) is 0 Å². The van der Waals surface area contributed by atoms with Crippen LogP contribution in [0.3, 0.4) is 0 Å². The molecule has 0 atom stereocenters. The predicted molar refractivity (Wildman–Crippen MR) is 105 cm³/mol. The Morgan fingerprint density at radius 3 is 2.48 bits per heavy atom. The summed E-state index contributed by atoms with van der Waals surface area (Å²) in [6, 6.07) is 10.6. The fourth-order valence-corrected chi connectivity index (χ4v) is 3.69. The number of amides is 1. The van der Waals surface area contributed by atoms with Crippen molar-refractivity contribution in [2.24, 2.45) is 4.99 Å². The van der Waals surface area contributed by atoms with Gasteiger partial charge in [-0.2, -0.15) is 4.99 Å². The van der Waals surface area contributed by atoms with Crippen molar-refractivity contribution in [3.63, 3.8) is 0 Å². The van der Waals surface area contributed by atoms with E-state index >= 15 is 0 Å². The van der Waals surface area contributed by atoms with E-state index in [9.17, 15) is 4.79 Å². The molecule has 0 saturated heterocycles. The van der Waals surface area contributed by atoms with Gasteiger partial charge in [-0.3, -0.25) is 4.79 Å². The average molecular weight is 382 g/mol. The molecule has 3 aromatic rings. The standard InChI is InChI=1S/C20H18N2O4S/c1-5-10-22-16-9-7-14(25-3)12-18(16)27-20(22)21-19(23)15-8-6-13(24-2)11-17(15)26-4/h1,6-9,11-12H,10H2,2-4H3. The lowest BCUT2D eigenvalue weighted by molar-refractivity contribution is 0.0995. The first-order valence-corrected chi connectivity index (χ1v) is 8.84. The van der Waals surface area contributed by atoms with Crippen LogP contribution in [0.25, 0.3) is 10.2 Å². The molecule has 1 aromatic heterocycles. The maximum Gasteiger partial charge on any atom is 0.283 e. The summed E-state index contributed by atoms with van der Waals surface area (Å²) < 4.78 is 18.5. The number of carbonyl (C=O) groups is 1. The van der Waals surface area contributed by atoms with E-state index in [0.717, 1.165) is 16.0 Å². The van der Waals surface area contributed by atoms with Crippen LogP contribution in [0.4, 0.5) is 0 Å². The summed E-state index contributed by atoms with van der Waals surface area (Å²) in [4.78, 5) is 17.6. The summed E-state index contributed by atoms with van der Waals surface area (Å²) in [5.74, 6) is 3.91. The van der Waals surface area contributed by atoms with Gasteiger partial charge in [-0.25, -0.2) is 0 Å². The van der Waals surface area contributed by atoms with Gasteiger partial charge in [0, 0.05) is 6.07 Å². The highest BCUT2D eigenvalue weighted by Crippen LogP contribution is 2.26. The number of thiazole rings is 1. The Bertz CT molecular complexity index is 1110. The molecular weight excluding hydrogens is 364 g/mol. The maximum absolute atomic E-state index is 12.8. The van der Waals surface area contributed by atoms with Gasteiger partial charge in [0.2, 0.25) is 0 Å². The number of carbonyl (C=O) groups excluding carboxylic acids is 1. The molecule has 1 heterocycles. The Kier molecular flexibility index (Phi) is 5.48. The van der Waals surface area contributed by atoms with E-state index in [4.69, 9.17) is 20.6 Å². The van der Waals surface area contributed by atoms with Gasteiger partial charge in [0.05, 0.1) is 43.7 Å². The number of hydrogen-bond donors (Lipinski definition) is 0. The molecule has 0 spiro atoms. The number of fused-ring (bicyclic) bond motifs is 1. The van der Waals surface area contributed by atoms with Gasteiger partial charge in [-0.15, -0.1) is 6.42 Å². The van der Waals surface area contributed by atoms with E-state index in [1.807, 2.05) is 22.8 Å². The van der Waals surface area contributed by atoms with Crippen molar-refractivity contribution in [2.75, 3.05) is 21.3 Å². The van der Waals surface area contributed by atoms with E-state index in [1.165, 1.54) is 18.4 Å². The molecule has 3 rings (SSSR count). The third kappa shape index (κ3) is 3.66. The largest absolute Gasteiger partial charge is 0.497 e. The molecule has 0 aliphatic heterocycles. The van der Waals surface area contributed by atoms with Crippen molar-refractivity contribution >= 4 is 27.5 Å². The number of hydrogen-bond acceptors (Lipinski definition) is 5. The number of aromatic nitrogens is 1. The maximum atomic E-state index is 12.8. The topological polar surface area (TPSA) is 62.1 Å². The van der Waals surface area contributed by atoms with Gasteiger partial charge in [-0.05, 0) is 30.3 Å². The van der Waals surface area contributed by atoms with E-state index in [-0.39, 0.29) is 0 Å². The molecule has 0 unspecified atom stereocenters. The van der Waals surface area contributed by atoms with Gasteiger partial charge < -0.3 is 18.8 Å². The second kappa shape index (κ2) is 7.98. The monoisotopic (exact) mass is 382 g/mol. The molecular formula is C20H18N2O4S. The number of benzene rings is 2. The first kappa shape index (κ1) is 18.5. The fourth-order valence-electron chi connectivity index (χ4n) is 2.63. The smallest absolute Gasteiger partial charge is 0.283 e. The third-order valence-electron chi connectivity index (χ3n) is 3.98. The van der Waals surface area contributed by atoms with E-state index < -0.39 is 5.91 Å². The first-order valence-electron chi connectivity index (χ1n) is 8.03. The molecule has 0 aliphatic carbocycles. The van der Waals surface area contributed by atoms with Crippen molar-refractivity contribution in [1.82, 2.24) is 4.57 Å². The Balaban J connectivity index is 2.13. The van der Waals surface area contributed by atoms with Crippen molar-refractivity contribution in [2.45, 2.75) is 6.54 Å². The zero-order valence-corrected chi connectivity index (χ0v) is 16.0. The second-order valence-corrected chi connectivity index (χ2v) is 6.50. The molecule has 2 aromatic carbocycles. The zero-order valence-electron chi connectivity index (χ0n) is 15.2. The molecule has 0 saturated carbocycles. The van der Waals surface area contributed by atoms with Crippen LogP contribution in [0.15, 0.2) is 41.4 Å². The quantitative estimate of drug-likeness (QED) is 0.636. The normalized spacial score (nSPS) is 11.3. The number of nitrogens with zero attached hydrogens (tertiary/aromatic N) is 2. The van der Waals surface area contributed by atoms with E-state index in [2.05, 4.69) is 10.9 Å². The van der Waals surface area contributed by atoms with Crippen molar-refractivity contribution in [1.29, 1.82) is 0 Å². The van der Waals surface area contributed by atoms with Crippen LogP contribution >= 0.6 is 11.3 Å². The lowest BCUT2D eigenvalue weighted by Crippen LogP contribution is -2.16. The second-order valence-electron chi connectivity index (χ2n) is 5.49. The molecule has 1 amide bonds. The van der Waals surface area contributed by atoms with Gasteiger partial charge in [0.15, 0.2) is 4.80 Å². The minimum absolute atomic E-state index is 0.304. The minimum atomic E-state index is -0.418. The molecule has 0 N–H and O–H groups in total. The lowest BCUT2D eigenvalue weighted by atomic mass is 10.2. The first-order chi connectivity index (χ1) is 13.1. The number of rotatable bonds is 5. The van der Waals surface area contributed by atoms with Crippen LogP contribution in [0.1, 0.15) is 10.4 Å². The Morgan fingerprint density at radius 1 is 1.11 bits per heavy atom. The van der Waals surface area contributed by atoms with E-state index in [1.54, 1.807) is 32.4 Å². The summed E-state index contributed by atoms with van der Waals surface area (Å²) in [7, 11) is 4.65. The van der Waals surface area contributed by atoms with Gasteiger partial charge in [0.1, 0.15) is 17.2 Å². The minimum Gasteiger partial charge on any atom is -0.497 e. The van der Waals surface area contributed by atoms with Crippen molar-refractivity contribution < 1.29 is 19.0 Å². The zero-order chi connectivity index (χ0) is 19.4. The predicted octanol–water partition coefficient (Wildman–Crippen LogP) is 3.10. The van der Waals surface area contributed by atoms with Gasteiger partial charge in [-0.1, -0.05) is 17.3 Å². The highest BCUT2D eigenvalue weighted by atomic mass is 32.1. The van der Waals surface area contributed by atoms with Crippen LogP contribution < -0.4 is 19.0 Å². The lowest BCUT2D eigenvalue weighted by Gasteiger charge is -2.07. The third-order valence-corrected chi connectivity index (χ3v) is 5.02. The molecule has 27 heavy (non-hydrogen) atoms. The van der Waals surface area contributed by atoms with Crippen LogP contribution in [-0.4, -0.2) is 31.8 Å². The molecule has 138 valence electrons. The Morgan fingerprint density at radius 2 is 1.81 bits per heavy atom. The Labute approximate surface area is 160 Å². The summed E-state index contributed by atoms with van der Waals surface area (Å²) in [6.45, 7) is 0.304. The highest BCUT2D eigenvalue weighted by Gasteiger charge is 2.14. The molecule has 0 radical (unpaired) electrons. The highest BCUT2D eigenvalue weighted by molar-refractivity contribution is 7.16. The molecule has 0 bridgehead atoms. The van der Waals surface area contributed by atoms with Crippen LogP contribution in [0, 0.1) is 12.3 Å². The summed E-state index contributed by atoms with van der Waals surface area (Å²) >= 11 is 1.37. The van der Waals surface area contributed by atoms with Crippen molar-refractivity contribution in [3.05, 3.63) is 46.8 Å². The molecule has 6 nitrogen and oxygen atoms in total. The Hall–Kier alpha value is -3.24. The SMILES string of the molecule is C#CCn1c(=NC(=O)c2ccc(OC)cc2OC)sc2cc(OC)ccc21. The number of methoxy groups -OCH3 is 3. The van der Waals surface area contributed by atoms with Crippen LogP contribution in [0.5, 0.6) is 17.2 Å².